The molecule has 0 aliphatic carbocycles. The predicted octanol–water partition coefficient (Wildman–Crippen LogP) is 3.89. The van der Waals surface area contributed by atoms with E-state index in [1.54, 1.807) is 6.92 Å². The lowest BCUT2D eigenvalue weighted by Crippen LogP contribution is -2.22. The van der Waals surface area contributed by atoms with E-state index in [0.717, 1.165) is 22.4 Å². The molecule has 2 N–H and O–H groups in total. The third-order valence-corrected chi connectivity index (χ3v) is 3.81. The van der Waals surface area contributed by atoms with E-state index in [9.17, 15) is 14.0 Å². The number of benzene rings is 2. The van der Waals surface area contributed by atoms with Gasteiger partial charge in [0.1, 0.15) is 5.82 Å². The number of carbonyl (C=O) groups excluding carboxylic acids is 2. The van der Waals surface area contributed by atoms with E-state index in [4.69, 9.17) is 0 Å². The Morgan fingerprint density at radius 1 is 1.04 bits per heavy atom. The largest absolute Gasteiger partial charge is 0.325 e. The summed E-state index contributed by atoms with van der Waals surface area (Å²) in [5.41, 5.74) is 7.04. The molecule has 26 heavy (non-hydrogen) atoms. The first-order valence-electron chi connectivity index (χ1n) is 8.23. The van der Waals surface area contributed by atoms with Crippen LogP contribution in [0.3, 0.4) is 0 Å². The third-order valence-electron chi connectivity index (χ3n) is 3.81. The number of halogens is 1. The zero-order valence-corrected chi connectivity index (χ0v) is 15.3. The summed E-state index contributed by atoms with van der Waals surface area (Å²) in [4.78, 5) is 24.1. The normalized spacial score (nSPS) is 11.2. The molecule has 136 valence electrons. The lowest BCUT2D eigenvalue weighted by molar-refractivity contribution is -0.115. The van der Waals surface area contributed by atoms with Crippen molar-refractivity contribution >= 4 is 23.2 Å². The highest BCUT2D eigenvalue weighted by Gasteiger charge is 2.10. The molecule has 0 radical (unpaired) electrons. The molecule has 0 saturated carbocycles. The average Bonchev–Trinajstić information content (AvgIpc) is 2.56. The SMILES string of the molecule is C/C(CC(=O)Nc1c(C)cc(C)cc1C)=N\NC(=O)c1ccc(F)cc1. The van der Waals surface area contributed by atoms with Crippen molar-refractivity contribution < 1.29 is 14.0 Å². The highest BCUT2D eigenvalue weighted by molar-refractivity contribution is 6.06. The maximum Gasteiger partial charge on any atom is 0.271 e. The molecule has 6 heteroatoms. The quantitative estimate of drug-likeness (QED) is 0.631. The molecule has 2 rings (SSSR count). The summed E-state index contributed by atoms with van der Waals surface area (Å²) in [5.74, 6) is -1.09. The van der Waals surface area contributed by atoms with E-state index in [2.05, 4.69) is 15.8 Å². The van der Waals surface area contributed by atoms with Gasteiger partial charge >= 0.3 is 0 Å². The average molecular weight is 355 g/mol. The van der Waals surface area contributed by atoms with Gasteiger partial charge in [0.25, 0.3) is 5.91 Å². The lowest BCUT2D eigenvalue weighted by atomic mass is 10.0. The second-order valence-electron chi connectivity index (χ2n) is 6.29. The van der Waals surface area contributed by atoms with Gasteiger partial charge in [-0.3, -0.25) is 9.59 Å². The minimum Gasteiger partial charge on any atom is -0.325 e. The first-order chi connectivity index (χ1) is 12.3. The van der Waals surface area contributed by atoms with Crippen molar-refractivity contribution in [3.8, 4) is 0 Å². The van der Waals surface area contributed by atoms with Crippen molar-refractivity contribution in [2.24, 2.45) is 5.10 Å². The molecule has 0 spiro atoms. The van der Waals surface area contributed by atoms with Crippen molar-refractivity contribution in [1.29, 1.82) is 0 Å². The lowest BCUT2D eigenvalue weighted by Gasteiger charge is -2.12. The number of nitrogens with one attached hydrogen (secondary N) is 2. The van der Waals surface area contributed by atoms with Gasteiger partial charge in [-0.1, -0.05) is 17.7 Å². The summed E-state index contributed by atoms with van der Waals surface area (Å²) in [5, 5.41) is 6.81. The van der Waals surface area contributed by atoms with Gasteiger partial charge in [0.05, 0.1) is 6.42 Å². The van der Waals surface area contributed by atoms with E-state index in [-0.39, 0.29) is 12.3 Å². The number of hydrogen-bond acceptors (Lipinski definition) is 3. The zero-order chi connectivity index (χ0) is 19.3. The Bertz CT molecular complexity index is 835. The Morgan fingerprint density at radius 3 is 2.19 bits per heavy atom. The van der Waals surface area contributed by atoms with Gasteiger partial charge in [-0.15, -0.1) is 0 Å². The van der Waals surface area contributed by atoms with Crippen molar-refractivity contribution in [2.45, 2.75) is 34.1 Å². The number of hydrogen-bond donors (Lipinski definition) is 2. The number of amides is 2. The number of anilines is 1. The van der Waals surface area contributed by atoms with E-state index < -0.39 is 11.7 Å². The summed E-state index contributed by atoms with van der Waals surface area (Å²) in [6.45, 7) is 7.55. The van der Waals surface area contributed by atoms with Gasteiger partial charge < -0.3 is 5.32 Å². The third kappa shape index (κ3) is 5.24. The molecular weight excluding hydrogens is 333 g/mol. The molecule has 0 bridgehead atoms. The molecular formula is C20H22FN3O2. The maximum atomic E-state index is 12.9. The van der Waals surface area contributed by atoms with Crippen LogP contribution in [0.15, 0.2) is 41.5 Å². The van der Waals surface area contributed by atoms with Gasteiger partial charge in [0.15, 0.2) is 0 Å². The summed E-state index contributed by atoms with van der Waals surface area (Å²) >= 11 is 0. The monoisotopic (exact) mass is 355 g/mol. The molecule has 2 amide bonds. The molecule has 0 heterocycles. The molecule has 2 aromatic rings. The minimum absolute atomic E-state index is 0.0520. The molecule has 0 aliphatic rings. The van der Waals surface area contributed by atoms with Crippen LogP contribution in [0.1, 0.15) is 40.4 Å². The van der Waals surface area contributed by atoms with Gasteiger partial charge in [-0.05, 0) is 63.1 Å². The second kappa shape index (κ2) is 8.38. The Balaban J connectivity index is 1.95. The van der Waals surface area contributed by atoms with Crippen LogP contribution in [0.5, 0.6) is 0 Å². The Kier molecular flexibility index (Phi) is 6.22. The van der Waals surface area contributed by atoms with Gasteiger partial charge in [0, 0.05) is 17.0 Å². The summed E-state index contributed by atoms with van der Waals surface area (Å²) < 4.78 is 12.9. The standard InChI is InChI=1S/C20H22FN3O2/c1-12-9-13(2)19(14(3)10-12)22-18(25)11-15(4)23-24-20(26)16-5-7-17(21)8-6-16/h5-10H,11H2,1-4H3,(H,22,25)(H,24,26)/b23-15+. The zero-order valence-electron chi connectivity index (χ0n) is 15.3. The first-order valence-corrected chi connectivity index (χ1v) is 8.23. The van der Waals surface area contributed by atoms with Crippen LogP contribution >= 0.6 is 0 Å². The second-order valence-corrected chi connectivity index (χ2v) is 6.29. The fourth-order valence-electron chi connectivity index (χ4n) is 2.64. The van der Waals surface area contributed by atoms with E-state index in [1.165, 1.54) is 24.3 Å². The van der Waals surface area contributed by atoms with Crippen LogP contribution in [0, 0.1) is 26.6 Å². The van der Waals surface area contributed by atoms with E-state index >= 15 is 0 Å². The summed E-state index contributed by atoms with van der Waals surface area (Å²) in [6, 6.07) is 9.14. The van der Waals surface area contributed by atoms with Crippen molar-refractivity contribution in [3.63, 3.8) is 0 Å². The van der Waals surface area contributed by atoms with Crippen molar-refractivity contribution in [1.82, 2.24) is 5.43 Å². The summed E-state index contributed by atoms with van der Waals surface area (Å²) in [6.07, 6.45) is 0.0520. The molecule has 0 atom stereocenters. The fraction of sp³-hybridized carbons (Fsp3) is 0.250. The molecule has 0 aliphatic heterocycles. The smallest absolute Gasteiger partial charge is 0.271 e. The Hall–Kier alpha value is -3.02. The number of hydrazone groups is 1. The van der Waals surface area contributed by atoms with E-state index in [0.29, 0.717) is 11.3 Å². The topological polar surface area (TPSA) is 70.6 Å². The minimum atomic E-state index is -0.463. The Labute approximate surface area is 152 Å². The molecule has 5 nitrogen and oxygen atoms in total. The molecule has 0 unspecified atom stereocenters. The maximum absolute atomic E-state index is 12.9. The van der Waals surface area contributed by atoms with Gasteiger partial charge in [-0.25, -0.2) is 9.82 Å². The molecule has 0 aromatic heterocycles. The van der Waals surface area contributed by atoms with Gasteiger partial charge in [0.2, 0.25) is 5.91 Å². The first kappa shape index (κ1) is 19.3. The number of carbonyl (C=O) groups is 2. The number of aryl methyl sites for hydroxylation is 3. The van der Waals surface area contributed by atoms with Gasteiger partial charge in [-0.2, -0.15) is 5.10 Å². The van der Waals surface area contributed by atoms with Crippen molar-refractivity contribution in [3.05, 3.63) is 64.5 Å². The predicted molar refractivity (Wildman–Crippen MR) is 101 cm³/mol. The van der Waals surface area contributed by atoms with Crippen LogP contribution in [-0.2, 0) is 4.79 Å². The molecule has 0 saturated heterocycles. The number of nitrogens with zero attached hydrogens (tertiary/aromatic N) is 1. The molecule has 2 aromatic carbocycles. The van der Waals surface area contributed by atoms with Crippen molar-refractivity contribution in [2.75, 3.05) is 5.32 Å². The highest BCUT2D eigenvalue weighted by atomic mass is 19.1. The summed E-state index contributed by atoms with van der Waals surface area (Å²) in [7, 11) is 0. The van der Waals surface area contributed by atoms with Crippen LogP contribution in [0.25, 0.3) is 0 Å². The highest BCUT2D eigenvalue weighted by Crippen LogP contribution is 2.22. The molecule has 0 fully saturated rings. The van der Waals surface area contributed by atoms with Crippen LogP contribution in [0.2, 0.25) is 0 Å². The van der Waals surface area contributed by atoms with Crippen LogP contribution in [0.4, 0.5) is 10.1 Å². The number of rotatable bonds is 5. The van der Waals surface area contributed by atoms with Crippen LogP contribution in [-0.4, -0.2) is 17.5 Å². The Morgan fingerprint density at radius 2 is 1.62 bits per heavy atom. The van der Waals surface area contributed by atoms with Crippen LogP contribution < -0.4 is 10.7 Å². The van der Waals surface area contributed by atoms with E-state index in [1.807, 2.05) is 32.9 Å². The fourth-order valence-corrected chi connectivity index (χ4v) is 2.64.